The van der Waals surface area contributed by atoms with Gasteiger partial charge in [0.25, 0.3) is 0 Å². The van der Waals surface area contributed by atoms with Gasteiger partial charge in [-0.1, -0.05) is 60.2 Å². The van der Waals surface area contributed by atoms with E-state index in [0.717, 1.165) is 5.56 Å². The summed E-state index contributed by atoms with van der Waals surface area (Å²) in [5.74, 6) is -0.0756. The third kappa shape index (κ3) is 5.38. The van der Waals surface area contributed by atoms with Crippen LogP contribution < -0.4 is 5.32 Å². The standard InChI is InChI=1S/C20H24N2O/c1-16-9-11-17(12-10-16)13-14-20(23)21-15-19(22(2)3)18-7-5-4-6-8-18/h4-14,19H,15H2,1-3H3,(H,21,23)/b14-13+. The number of hydrogen-bond donors (Lipinski definition) is 1. The van der Waals surface area contributed by atoms with E-state index in [1.807, 2.05) is 69.6 Å². The minimum absolute atomic E-state index is 0.0756. The van der Waals surface area contributed by atoms with Crippen LogP contribution in [0.25, 0.3) is 6.08 Å². The first-order chi connectivity index (χ1) is 11.1. The van der Waals surface area contributed by atoms with Crippen molar-refractivity contribution in [1.29, 1.82) is 0 Å². The summed E-state index contributed by atoms with van der Waals surface area (Å²) in [6.07, 6.45) is 3.42. The average Bonchev–Trinajstić information content (AvgIpc) is 2.55. The van der Waals surface area contributed by atoms with Crippen molar-refractivity contribution in [3.63, 3.8) is 0 Å². The number of carbonyl (C=O) groups is 1. The minimum Gasteiger partial charge on any atom is -0.351 e. The van der Waals surface area contributed by atoms with Crippen molar-refractivity contribution in [3.05, 3.63) is 77.4 Å². The Morgan fingerprint density at radius 2 is 1.74 bits per heavy atom. The molecule has 0 aromatic heterocycles. The van der Waals surface area contributed by atoms with Crippen molar-refractivity contribution in [2.75, 3.05) is 20.6 Å². The molecule has 0 heterocycles. The first-order valence-corrected chi connectivity index (χ1v) is 7.80. The highest BCUT2D eigenvalue weighted by Gasteiger charge is 2.13. The monoisotopic (exact) mass is 308 g/mol. The second kappa shape index (κ2) is 8.30. The minimum atomic E-state index is -0.0756. The van der Waals surface area contributed by atoms with Crippen molar-refractivity contribution in [3.8, 4) is 0 Å². The molecule has 2 aromatic carbocycles. The van der Waals surface area contributed by atoms with Crippen LogP contribution in [0.1, 0.15) is 22.7 Å². The Kier molecular flexibility index (Phi) is 6.12. The van der Waals surface area contributed by atoms with E-state index >= 15 is 0 Å². The molecule has 3 heteroatoms. The van der Waals surface area contributed by atoms with E-state index in [0.29, 0.717) is 6.54 Å². The van der Waals surface area contributed by atoms with Crippen LogP contribution in [0.2, 0.25) is 0 Å². The fraction of sp³-hybridized carbons (Fsp3) is 0.250. The van der Waals surface area contributed by atoms with Crippen LogP contribution in [-0.4, -0.2) is 31.4 Å². The van der Waals surface area contributed by atoms with E-state index in [9.17, 15) is 4.79 Å². The van der Waals surface area contributed by atoms with Gasteiger partial charge in [0.1, 0.15) is 0 Å². The van der Waals surface area contributed by atoms with Gasteiger partial charge in [-0.05, 0) is 38.2 Å². The van der Waals surface area contributed by atoms with Gasteiger partial charge >= 0.3 is 0 Å². The van der Waals surface area contributed by atoms with Gasteiger partial charge in [-0.15, -0.1) is 0 Å². The summed E-state index contributed by atoms with van der Waals surface area (Å²) in [7, 11) is 4.04. The number of aryl methyl sites for hydroxylation is 1. The van der Waals surface area contributed by atoms with Gasteiger partial charge in [-0.3, -0.25) is 4.79 Å². The second-order valence-electron chi connectivity index (χ2n) is 5.88. The molecular weight excluding hydrogens is 284 g/mol. The molecule has 23 heavy (non-hydrogen) atoms. The molecule has 1 amide bonds. The Morgan fingerprint density at radius 1 is 1.09 bits per heavy atom. The lowest BCUT2D eigenvalue weighted by Crippen LogP contribution is -2.33. The van der Waals surface area contributed by atoms with Crippen molar-refractivity contribution >= 4 is 12.0 Å². The summed E-state index contributed by atoms with van der Waals surface area (Å²) in [5, 5.41) is 2.98. The summed E-state index contributed by atoms with van der Waals surface area (Å²) in [6, 6.07) is 18.4. The molecule has 0 aliphatic rings. The number of benzene rings is 2. The maximum Gasteiger partial charge on any atom is 0.244 e. The predicted octanol–water partition coefficient (Wildman–Crippen LogP) is 3.43. The molecule has 0 fully saturated rings. The Balaban J connectivity index is 1.93. The summed E-state index contributed by atoms with van der Waals surface area (Å²) < 4.78 is 0. The lowest BCUT2D eigenvalue weighted by molar-refractivity contribution is -0.116. The van der Waals surface area contributed by atoms with Crippen LogP contribution in [0.4, 0.5) is 0 Å². The van der Waals surface area contributed by atoms with Crippen LogP contribution in [0.3, 0.4) is 0 Å². The van der Waals surface area contributed by atoms with Crippen LogP contribution in [0.15, 0.2) is 60.7 Å². The van der Waals surface area contributed by atoms with E-state index in [4.69, 9.17) is 0 Å². The topological polar surface area (TPSA) is 32.3 Å². The maximum absolute atomic E-state index is 12.0. The Labute approximate surface area is 138 Å². The van der Waals surface area contributed by atoms with Gasteiger partial charge in [0.2, 0.25) is 5.91 Å². The quantitative estimate of drug-likeness (QED) is 0.829. The van der Waals surface area contributed by atoms with Crippen LogP contribution in [0.5, 0.6) is 0 Å². The predicted molar refractivity (Wildman–Crippen MR) is 96.1 cm³/mol. The SMILES string of the molecule is Cc1ccc(/C=C/C(=O)NCC(c2ccccc2)N(C)C)cc1. The van der Waals surface area contributed by atoms with Crippen LogP contribution in [0, 0.1) is 6.92 Å². The van der Waals surface area contributed by atoms with Gasteiger partial charge in [0.05, 0.1) is 6.04 Å². The first kappa shape index (κ1) is 17.0. The van der Waals surface area contributed by atoms with Crippen molar-refractivity contribution in [2.24, 2.45) is 0 Å². The summed E-state index contributed by atoms with van der Waals surface area (Å²) in [5.41, 5.74) is 3.43. The molecule has 0 aliphatic heterocycles. The molecule has 1 atom stereocenters. The number of nitrogens with zero attached hydrogens (tertiary/aromatic N) is 1. The van der Waals surface area contributed by atoms with Gasteiger partial charge in [0.15, 0.2) is 0 Å². The lowest BCUT2D eigenvalue weighted by Gasteiger charge is -2.24. The number of hydrogen-bond acceptors (Lipinski definition) is 2. The van der Waals surface area contributed by atoms with E-state index in [1.54, 1.807) is 6.08 Å². The van der Waals surface area contributed by atoms with E-state index < -0.39 is 0 Å². The molecule has 0 aliphatic carbocycles. The molecule has 0 bridgehead atoms. The largest absolute Gasteiger partial charge is 0.351 e. The molecule has 1 N–H and O–H groups in total. The van der Waals surface area contributed by atoms with Gasteiger partial charge < -0.3 is 10.2 Å². The number of rotatable bonds is 6. The molecule has 0 saturated heterocycles. The highest BCUT2D eigenvalue weighted by molar-refractivity contribution is 5.91. The molecule has 0 saturated carbocycles. The number of nitrogens with one attached hydrogen (secondary N) is 1. The van der Waals surface area contributed by atoms with E-state index in [1.165, 1.54) is 11.1 Å². The molecule has 3 nitrogen and oxygen atoms in total. The zero-order valence-electron chi connectivity index (χ0n) is 14.0. The van der Waals surface area contributed by atoms with Crippen LogP contribution >= 0.6 is 0 Å². The summed E-state index contributed by atoms with van der Waals surface area (Å²) in [6.45, 7) is 2.62. The third-order valence-corrected chi connectivity index (χ3v) is 3.78. The lowest BCUT2D eigenvalue weighted by atomic mass is 10.1. The second-order valence-corrected chi connectivity index (χ2v) is 5.88. The van der Waals surface area contributed by atoms with Gasteiger partial charge in [-0.2, -0.15) is 0 Å². The fourth-order valence-corrected chi connectivity index (χ4v) is 2.38. The molecule has 2 rings (SSSR count). The number of likely N-dealkylation sites (N-methyl/N-ethyl adjacent to an activating group) is 1. The molecule has 0 spiro atoms. The summed E-state index contributed by atoms with van der Waals surface area (Å²) in [4.78, 5) is 14.1. The Bertz CT molecular complexity index is 645. The van der Waals surface area contributed by atoms with Crippen molar-refractivity contribution < 1.29 is 4.79 Å². The van der Waals surface area contributed by atoms with Gasteiger partial charge in [0, 0.05) is 12.6 Å². The number of carbonyl (C=O) groups excluding carboxylic acids is 1. The number of amides is 1. The molecular formula is C20H24N2O. The fourth-order valence-electron chi connectivity index (χ4n) is 2.38. The van der Waals surface area contributed by atoms with E-state index in [2.05, 4.69) is 22.3 Å². The normalized spacial score (nSPS) is 12.5. The van der Waals surface area contributed by atoms with Crippen molar-refractivity contribution in [1.82, 2.24) is 10.2 Å². The third-order valence-electron chi connectivity index (χ3n) is 3.78. The molecule has 2 aromatic rings. The molecule has 0 radical (unpaired) electrons. The maximum atomic E-state index is 12.0. The Morgan fingerprint density at radius 3 is 2.35 bits per heavy atom. The Hall–Kier alpha value is -2.39. The zero-order chi connectivity index (χ0) is 16.7. The highest BCUT2D eigenvalue weighted by atomic mass is 16.1. The van der Waals surface area contributed by atoms with Gasteiger partial charge in [-0.25, -0.2) is 0 Å². The average molecular weight is 308 g/mol. The molecule has 1 unspecified atom stereocenters. The summed E-state index contributed by atoms with van der Waals surface area (Å²) >= 11 is 0. The van der Waals surface area contributed by atoms with Crippen molar-refractivity contribution in [2.45, 2.75) is 13.0 Å². The highest BCUT2D eigenvalue weighted by Crippen LogP contribution is 2.16. The first-order valence-electron chi connectivity index (χ1n) is 7.80. The zero-order valence-corrected chi connectivity index (χ0v) is 14.0. The van der Waals surface area contributed by atoms with E-state index in [-0.39, 0.29) is 11.9 Å². The molecule has 120 valence electrons. The van der Waals surface area contributed by atoms with Crippen LogP contribution in [-0.2, 0) is 4.79 Å². The smallest absolute Gasteiger partial charge is 0.244 e.